The van der Waals surface area contributed by atoms with Crippen LogP contribution in [0, 0.1) is 0 Å². The highest BCUT2D eigenvalue weighted by Gasteiger charge is 2.17. The number of rotatable bonds is 3. The summed E-state index contributed by atoms with van der Waals surface area (Å²) in [5.41, 5.74) is 7.74. The van der Waals surface area contributed by atoms with E-state index in [9.17, 15) is 4.79 Å². The molecule has 1 heterocycles. The van der Waals surface area contributed by atoms with Crippen LogP contribution in [0.1, 0.15) is 23.2 Å². The molecule has 1 aromatic carbocycles. The van der Waals surface area contributed by atoms with E-state index in [1.54, 1.807) is 6.07 Å². The van der Waals surface area contributed by atoms with Gasteiger partial charge in [0.2, 0.25) is 0 Å². The van der Waals surface area contributed by atoms with Crippen LogP contribution in [0.15, 0.2) is 18.2 Å². The molecule has 1 aliphatic heterocycles. The van der Waals surface area contributed by atoms with Gasteiger partial charge in [0.05, 0.1) is 24.0 Å². The number of nitrogens with one attached hydrogen (secondary N) is 1. The van der Waals surface area contributed by atoms with E-state index in [1.165, 1.54) is 18.6 Å². The van der Waals surface area contributed by atoms with Gasteiger partial charge in [-0.3, -0.25) is 0 Å². The van der Waals surface area contributed by atoms with Crippen molar-refractivity contribution in [3.63, 3.8) is 0 Å². The number of methoxy groups -OCH3 is 1. The molecule has 0 saturated carbocycles. The molecule has 1 fully saturated rings. The summed E-state index contributed by atoms with van der Waals surface area (Å²) in [4.78, 5) is 11.5. The molecule has 1 aromatic rings. The largest absolute Gasteiger partial charge is 0.465 e. The maximum Gasteiger partial charge on any atom is 0.340 e. The Balaban J connectivity index is 2.15. The van der Waals surface area contributed by atoms with E-state index in [2.05, 4.69) is 5.32 Å². The van der Waals surface area contributed by atoms with Gasteiger partial charge in [-0.2, -0.15) is 11.8 Å². The van der Waals surface area contributed by atoms with E-state index >= 15 is 0 Å². The van der Waals surface area contributed by atoms with Gasteiger partial charge in [0.1, 0.15) is 0 Å². The number of hydrogen-bond donors (Lipinski definition) is 2. The molecule has 0 aliphatic carbocycles. The summed E-state index contributed by atoms with van der Waals surface area (Å²) in [5.74, 6) is 1.96. The van der Waals surface area contributed by atoms with Crippen LogP contribution in [0.5, 0.6) is 0 Å². The number of nitrogen functional groups attached to an aromatic ring is 1. The zero-order valence-electron chi connectivity index (χ0n) is 10.4. The van der Waals surface area contributed by atoms with Gasteiger partial charge in [0.15, 0.2) is 0 Å². The number of para-hydroxylation sites is 1. The first-order valence-corrected chi connectivity index (χ1v) is 7.19. The normalized spacial score (nSPS) is 16.3. The molecule has 2 rings (SSSR count). The van der Waals surface area contributed by atoms with Crippen molar-refractivity contribution >= 4 is 29.1 Å². The van der Waals surface area contributed by atoms with E-state index in [0.29, 0.717) is 17.3 Å². The molecule has 1 saturated heterocycles. The van der Waals surface area contributed by atoms with E-state index in [1.807, 2.05) is 23.9 Å². The minimum atomic E-state index is -0.393. The lowest BCUT2D eigenvalue weighted by Gasteiger charge is -2.24. The number of esters is 1. The zero-order valence-corrected chi connectivity index (χ0v) is 11.3. The van der Waals surface area contributed by atoms with E-state index in [4.69, 9.17) is 10.5 Å². The number of nitrogens with two attached hydrogens (primary N) is 1. The maximum absolute atomic E-state index is 11.5. The molecule has 1 aliphatic rings. The Kier molecular flexibility index (Phi) is 4.36. The molecule has 18 heavy (non-hydrogen) atoms. The lowest BCUT2D eigenvalue weighted by molar-refractivity contribution is 0.0602. The molecule has 3 N–H and O–H groups in total. The van der Waals surface area contributed by atoms with Crippen molar-refractivity contribution in [1.29, 1.82) is 0 Å². The van der Waals surface area contributed by atoms with Gasteiger partial charge in [-0.15, -0.1) is 0 Å². The van der Waals surface area contributed by atoms with E-state index < -0.39 is 5.97 Å². The van der Waals surface area contributed by atoms with Crippen molar-refractivity contribution < 1.29 is 9.53 Å². The maximum atomic E-state index is 11.5. The van der Waals surface area contributed by atoms with Crippen LogP contribution in [0.3, 0.4) is 0 Å². The second-order valence-corrected chi connectivity index (χ2v) is 5.51. The third-order valence-electron chi connectivity index (χ3n) is 3.09. The Morgan fingerprint density at radius 3 is 2.83 bits per heavy atom. The Bertz CT molecular complexity index is 431. The molecule has 0 atom stereocenters. The topological polar surface area (TPSA) is 64.3 Å². The van der Waals surface area contributed by atoms with Crippen LogP contribution in [0.25, 0.3) is 0 Å². The van der Waals surface area contributed by atoms with Gasteiger partial charge >= 0.3 is 5.97 Å². The molecule has 0 amide bonds. The molecule has 0 aromatic heterocycles. The van der Waals surface area contributed by atoms with Crippen LogP contribution in [0.2, 0.25) is 0 Å². The van der Waals surface area contributed by atoms with Gasteiger partial charge < -0.3 is 15.8 Å². The lowest BCUT2D eigenvalue weighted by atomic mass is 10.1. The first-order chi connectivity index (χ1) is 8.72. The fourth-order valence-corrected chi connectivity index (χ4v) is 3.15. The molecular weight excluding hydrogens is 248 g/mol. The number of anilines is 2. The van der Waals surface area contributed by atoms with Crippen molar-refractivity contribution in [2.24, 2.45) is 0 Å². The fraction of sp³-hybridized carbons (Fsp3) is 0.462. The summed E-state index contributed by atoms with van der Waals surface area (Å²) < 4.78 is 4.71. The second kappa shape index (κ2) is 6.00. The third-order valence-corrected chi connectivity index (χ3v) is 4.14. The predicted molar refractivity (Wildman–Crippen MR) is 76.2 cm³/mol. The molecule has 0 unspecified atom stereocenters. The number of carbonyl (C=O) groups excluding carboxylic acids is 1. The second-order valence-electron chi connectivity index (χ2n) is 4.29. The van der Waals surface area contributed by atoms with Crippen molar-refractivity contribution in [2.45, 2.75) is 18.9 Å². The number of thioether (sulfide) groups is 1. The highest BCUT2D eigenvalue weighted by Crippen LogP contribution is 2.27. The molecular formula is C13H18N2O2S. The van der Waals surface area contributed by atoms with Gasteiger partial charge in [-0.25, -0.2) is 4.79 Å². The van der Waals surface area contributed by atoms with Gasteiger partial charge in [-0.1, -0.05) is 6.07 Å². The van der Waals surface area contributed by atoms with Crippen LogP contribution in [-0.2, 0) is 4.74 Å². The van der Waals surface area contributed by atoms with Crippen molar-refractivity contribution in [3.8, 4) is 0 Å². The van der Waals surface area contributed by atoms with Crippen molar-refractivity contribution in [2.75, 3.05) is 29.7 Å². The van der Waals surface area contributed by atoms with Gasteiger partial charge in [-0.05, 0) is 36.5 Å². The SMILES string of the molecule is COC(=O)c1cccc(NC2CCSCC2)c1N. The number of benzene rings is 1. The molecule has 4 nitrogen and oxygen atoms in total. The highest BCUT2D eigenvalue weighted by molar-refractivity contribution is 7.99. The standard InChI is InChI=1S/C13H18N2O2S/c1-17-13(16)10-3-2-4-11(12(10)14)15-9-5-7-18-8-6-9/h2-4,9,15H,5-8,14H2,1H3. The first-order valence-electron chi connectivity index (χ1n) is 6.03. The quantitative estimate of drug-likeness (QED) is 0.649. The van der Waals surface area contributed by atoms with Gasteiger partial charge in [0.25, 0.3) is 0 Å². The summed E-state index contributed by atoms with van der Waals surface area (Å²) >= 11 is 1.98. The third kappa shape index (κ3) is 2.90. The Morgan fingerprint density at radius 1 is 1.44 bits per heavy atom. The molecule has 98 valence electrons. The molecule has 0 radical (unpaired) electrons. The first kappa shape index (κ1) is 13.1. The summed E-state index contributed by atoms with van der Waals surface area (Å²) in [6, 6.07) is 5.86. The van der Waals surface area contributed by atoms with Crippen molar-refractivity contribution in [1.82, 2.24) is 0 Å². The summed E-state index contributed by atoms with van der Waals surface area (Å²) in [6.07, 6.45) is 2.26. The van der Waals surface area contributed by atoms with Crippen molar-refractivity contribution in [3.05, 3.63) is 23.8 Å². The van der Waals surface area contributed by atoms with Crippen LogP contribution in [-0.4, -0.2) is 30.6 Å². The average molecular weight is 266 g/mol. The summed E-state index contributed by atoms with van der Waals surface area (Å²) in [5, 5.41) is 3.42. The Hall–Kier alpha value is -1.36. The minimum absolute atomic E-state index is 0.393. The molecule has 0 spiro atoms. The number of hydrogen-bond acceptors (Lipinski definition) is 5. The minimum Gasteiger partial charge on any atom is -0.465 e. The highest BCUT2D eigenvalue weighted by atomic mass is 32.2. The monoisotopic (exact) mass is 266 g/mol. The smallest absolute Gasteiger partial charge is 0.340 e. The van der Waals surface area contributed by atoms with Crippen LogP contribution >= 0.6 is 11.8 Å². The van der Waals surface area contributed by atoms with Crippen LogP contribution < -0.4 is 11.1 Å². The Labute approximate surface area is 111 Å². The van der Waals surface area contributed by atoms with E-state index in [0.717, 1.165) is 18.5 Å². The summed E-state index contributed by atoms with van der Waals surface area (Å²) in [7, 11) is 1.36. The number of ether oxygens (including phenoxy) is 1. The molecule has 0 bridgehead atoms. The number of carbonyl (C=O) groups is 1. The van der Waals surface area contributed by atoms with Crippen LogP contribution in [0.4, 0.5) is 11.4 Å². The van der Waals surface area contributed by atoms with Gasteiger partial charge in [0, 0.05) is 6.04 Å². The fourth-order valence-electron chi connectivity index (χ4n) is 2.04. The average Bonchev–Trinajstić information content (AvgIpc) is 2.41. The predicted octanol–water partition coefficient (Wildman–Crippen LogP) is 2.36. The Morgan fingerprint density at radius 2 is 2.17 bits per heavy atom. The zero-order chi connectivity index (χ0) is 13.0. The lowest BCUT2D eigenvalue weighted by Crippen LogP contribution is -2.25. The summed E-state index contributed by atoms with van der Waals surface area (Å²) in [6.45, 7) is 0. The molecule has 5 heteroatoms. The van der Waals surface area contributed by atoms with E-state index in [-0.39, 0.29) is 0 Å².